The predicted octanol–water partition coefficient (Wildman–Crippen LogP) is 6.60. The van der Waals surface area contributed by atoms with Crippen LogP contribution in [0.15, 0.2) is 36.4 Å². The van der Waals surface area contributed by atoms with Gasteiger partial charge in [-0.25, -0.2) is 0 Å². The number of aliphatic carboxylic acids is 1. The van der Waals surface area contributed by atoms with Crippen LogP contribution in [0, 0.1) is 6.92 Å². The number of fused-ring (bicyclic) bond motifs is 1. The maximum Gasteiger partial charge on any atom is 0.307 e. The molecule has 1 N–H and O–H groups in total. The summed E-state index contributed by atoms with van der Waals surface area (Å²) in [5.74, 6) is 1.66. The van der Waals surface area contributed by atoms with Gasteiger partial charge < -0.3 is 19.3 Å². The number of thiophene rings is 1. The molecule has 0 aliphatic carbocycles. The third-order valence-electron chi connectivity index (χ3n) is 5.77. The first-order valence-corrected chi connectivity index (χ1v) is 11.9. The Kier molecular flexibility index (Phi) is 8.39. The van der Waals surface area contributed by atoms with Gasteiger partial charge in [0.2, 0.25) is 0 Å². The fourth-order valence-electron chi connectivity index (χ4n) is 4.03. The zero-order valence-electron chi connectivity index (χ0n) is 19.3. The van der Waals surface area contributed by atoms with E-state index in [1.54, 1.807) is 32.4 Å². The van der Waals surface area contributed by atoms with Crippen LogP contribution in [0.25, 0.3) is 10.1 Å². The van der Waals surface area contributed by atoms with Crippen LogP contribution >= 0.6 is 11.3 Å². The van der Waals surface area contributed by atoms with Crippen LogP contribution in [-0.2, 0) is 11.2 Å². The topological polar surface area (TPSA) is 65.0 Å². The second-order valence-corrected chi connectivity index (χ2v) is 9.07. The molecular weight excluding hydrogens is 424 g/mol. The van der Waals surface area contributed by atoms with Crippen molar-refractivity contribution >= 4 is 27.4 Å². The van der Waals surface area contributed by atoms with Gasteiger partial charge >= 0.3 is 5.97 Å². The summed E-state index contributed by atoms with van der Waals surface area (Å²) >= 11 is 1.86. The normalized spacial score (nSPS) is 12.0. The van der Waals surface area contributed by atoms with Crippen LogP contribution in [0.1, 0.15) is 54.5 Å². The Balaban J connectivity index is 1.75. The number of hydrogen-bond acceptors (Lipinski definition) is 5. The largest absolute Gasteiger partial charge is 0.497 e. The lowest BCUT2D eigenvalue weighted by molar-refractivity contribution is -0.136. The van der Waals surface area contributed by atoms with Crippen molar-refractivity contribution in [3.8, 4) is 17.2 Å². The minimum Gasteiger partial charge on any atom is -0.497 e. The fraction of sp³-hybridized carbons (Fsp3) is 0.423. The average Bonchev–Trinajstić information content (AvgIpc) is 3.11. The van der Waals surface area contributed by atoms with Crippen molar-refractivity contribution in [2.75, 3.05) is 20.8 Å². The summed E-state index contributed by atoms with van der Waals surface area (Å²) in [6.07, 6.45) is 4.33. The molecule has 5 nitrogen and oxygen atoms in total. The summed E-state index contributed by atoms with van der Waals surface area (Å²) in [6, 6.07) is 11.6. The van der Waals surface area contributed by atoms with Crippen molar-refractivity contribution in [3.63, 3.8) is 0 Å². The Labute approximate surface area is 193 Å². The minimum atomic E-state index is -0.865. The molecule has 32 heavy (non-hydrogen) atoms. The van der Waals surface area contributed by atoms with Gasteiger partial charge in [-0.05, 0) is 72.5 Å². The maximum absolute atomic E-state index is 11.0. The lowest BCUT2D eigenvalue weighted by Gasteiger charge is -2.18. The molecule has 172 valence electrons. The van der Waals surface area contributed by atoms with Gasteiger partial charge in [0.25, 0.3) is 0 Å². The molecule has 0 spiro atoms. The van der Waals surface area contributed by atoms with Crippen molar-refractivity contribution < 1.29 is 24.1 Å². The first-order chi connectivity index (χ1) is 15.5. The minimum absolute atomic E-state index is 0.0360. The van der Waals surface area contributed by atoms with Gasteiger partial charge in [0.1, 0.15) is 5.75 Å². The number of carboxylic acid groups (broad SMARTS) is 1. The van der Waals surface area contributed by atoms with Gasteiger partial charge in [0.05, 0.1) is 27.2 Å². The first kappa shape index (κ1) is 23.9. The van der Waals surface area contributed by atoms with Gasteiger partial charge in [-0.1, -0.05) is 25.8 Å². The number of ether oxygens (including phenoxy) is 3. The Hall–Kier alpha value is -2.73. The molecule has 6 heteroatoms. The molecule has 0 bridgehead atoms. The number of unbranched alkanes of at least 4 members (excludes halogenated alkanes) is 1. The van der Waals surface area contributed by atoms with Crippen LogP contribution in [-0.4, -0.2) is 31.9 Å². The number of aryl methyl sites for hydroxylation is 1. The smallest absolute Gasteiger partial charge is 0.307 e. The third-order valence-corrected chi connectivity index (χ3v) is 7.18. The molecule has 1 unspecified atom stereocenters. The van der Waals surface area contributed by atoms with E-state index in [0.29, 0.717) is 29.6 Å². The number of carbonyl (C=O) groups is 1. The molecule has 3 rings (SSSR count). The Bertz CT molecular complexity index is 1060. The highest BCUT2D eigenvalue weighted by molar-refractivity contribution is 7.19. The fourth-order valence-corrected chi connectivity index (χ4v) is 5.43. The molecule has 0 fully saturated rings. The molecule has 0 amide bonds. The van der Waals surface area contributed by atoms with Crippen molar-refractivity contribution in [3.05, 3.63) is 52.4 Å². The van der Waals surface area contributed by atoms with Crippen molar-refractivity contribution in [2.45, 2.75) is 51.9 Å². The summed E-state index contributed by atoms with van der Waals surface area (Å²) in [5.41, 5.74) is 2.04. The summed E-state index contributed by atoms with van der Waals surface area (Å²) in [5, 5.41) is 10.3. The van der Waals surface area contributed by atoms with Crippen molar-refractivity contribution in [1.29, 1.82) is 0 Å². The van der Waals surface area contributed by atoms with Gasteiger partial charge in [0, 0.05) is 9.58 Å². The summed E-state index contributed by atoms with van der Waals surface area (Å²) in [7, 11) is 3.28. The van der Waals surface area contributed by atoms with E-state index < -0.39 is 5.97 Å². The zero-order chi connectivity index (χ0) is 23.1. The van der Waals surface area contributed by atoms with Crippen molar-refractivity contribution in [1.82, 2.24) is 0 Å². The maximum atomic E-state index is 11.0. The molecule has 0 radical (unpaired) electrons. The zero-order valence-corrected chi connectivity index (χ0v) is 20.1. The molecule has 2 aromatic carbocycles. The van der Waals surface area contributed by atoms with Crippen LogP contribution in [0.3, 0.4) is 0 Å². The number of benzene rings is 2. The molecule has 0 saturated carbocycles. The van der Waals surface area contributed by atoms with E-state index in [4.69, 9.17) is 19.3 Å². The second kappa shape index (κ2) is 11.2. The molecule has 0 aliphatic rings. The Morgan fingerprint density at radius 3 is 2.56 bits per heavy atom. The predicted molar refractivity (Wildman–Crippen MR) is 130 cm³/mol. The molecule has 1 heterocycles. The lowest BCUT2D eigenvalue weighted by atomic mass is 9.94. The van der Waals surface area contributed by atoms with Gasteiger partial charge in [-0.3, -0.25) is 4.79 Å². The summed E-state index contributed by atoms with van der Waals surface area (Å²) < 4.78 is 18.2. The van der Waals surface area contributed by atoms with Crippen LogP contribution < -0.4 is 14.2 Å². The number of hydrogen-bond donors (Lipinski definition) is 1. The first-order valence-electron chi connectivity index (χ1n) is 11.0. The van der Waals surface area contributed by atoms with Gasteiger partial charge in [-0.15, -0.1) is 11.3 Å². The highest BCUT2D eigenvalue weighted by Crippen LogP contribution is 2.40. The number of carboxylic acids is 1. The Morgan fingerprint density at radius 1 is 1.06 bits per heavy atom. The highest BCUT2D eigenvalue weighted by Gasteiger charge is 2.19. The molecule has 3 aromatic rings. The quantitative estimate of drug-likeness (QED) is 0.333. The third kappa shape index (κ3) is 5.74. The molecule has 0 saturated heterocycles. The molecule has 0 aliphatic heterocycles. The average molecular weight is 457 g/mol. The van der Waals surface area contributed by atoms with Crippen LogP contribution in [0.4, 0.5) is 0 Å². The van der Waals surface area contributed by atoms with E-state index in [9.17, 15) is 4.79 Å². The van der Waals surface area contributed by atoms with E-state index in [0.717, 1.165) is 25.0 Å². The van der Waals surface area contributed by atoms with Crippen LogP contribution in [0.2, 0.25) is 0 Å². The standard InChI is InChI=1S/C26H32O5S/c1-5-6-7-19(26-17(2)21-10-9-20(29-3)16-24(21)32-26)12-13-31-22-11-8-18(15-25(27)28)14-23(22)30-4/h8-11,14,16,19H,5-7,12-13,15H2,1-4H3,(H,27,28). The number of methoxy groups -OCH3 is 2. The molecular formula is C26H32O5S. The van der Waals surface area contributed by atoms with Crippen LogP contribution in [0.5, 0.6) is 17.2 Å². The summed E-state index contributed by atoms with van der Waals surface area (Å²) in [6.45, 7) is 5.00. The van der Waals surface area contributed by atoms with E-state index in [2.05, 4.69) is 26.0 Å². The molecule has 1 atom stereocenters. The van der Waals surface area contributed by atoms with E-state index in [1.807, 2.05) is 17.4 Å². The van der Waals surface area contributed by atoms with E-state index in [-0.39, 0.29) is 6.42 Å². The molecule has 1 aromatic heterocycles. The highest BCUT2D eigenvalue weighted by atomic mass is 32.1. The monoisotopic (exact) mass is 456 g/mol. The summed E-state index contributed by atoms with van der Waals surface area (Å²) in [4.78, 5) is 12.4. The van der Waals surface area contributed by atoms with Gasteiger partial charge in [-0.2, -0.15) is 0 Å². The SMILES string of the molecule is CCCCC(CCOc1ccc(CC(=O)O)cc1OC)c1sc2cc(OC)ccc2c1C. The van der Waals surface area contributed by atoms with E-state index in [1.165, 1.54) is 26.9 Å². The lowest BCUT2D eigenvalue weighted by Crippen LogP contribution is -2.07. The second-order valence-electron chi connectivity index (χ2n) is 7.99. The number of rotatable bonds is 12. The van der Waals surface area contributed by atoms with E-state index >= 15 is 0 Å². The Morgan fingerprint density at radius 2 is 1.88 bits per heavy atom. The van der Waals surface area contributed by atoms with Crippen molar-refractivity contribution in [2.24, 2.45) is 0 Å². The van der Waals surface area contributed by atoms with Gasteiger partial charge in [0.15, 0.2) is 11.5 Å².